The Kier molecular flexibility index (Phi) is 9.51. The average molecular weight is 177 g/mol. The van der Waals surface area contributed by atoms with E-state index in [0.29, 0.717) is 7.92 Å². The van der Waals surface area contributed by atoms with Gasteiger partial charge in [-0.2, -0.15) is 0 Å². The first-order valence-electron chi connectivity index (χ1n) is 1.34. The Morgan fingerprint density at radius 1 is 1.00 bits per heavy atom. The molecule has 0 heterocycles. The third kappa shape index (κ3) is 42.5. The zero-order valence-electron chi connectivity index (χ0n) is 3.80. The summed E-state index contributed by atoms with van der Waals surface area (Å²) in [5, 5.41) is 0. The predicted molar refractivity (Wildman–Crippen MR) is 24.7 cm³/mol. The maximum atomic E-state index is 2.23. The van der Waals surface area contributed by atoms with Crippen molar-refractivity contribution in [2.45, 2.75) is 0 Å². The first-order valence-corrected chi connectivity index (χ1v) is 4.02. The Bertz CT molecular complexity index is 11.6. The van der Waals surface area contributed by atoms with Crippen molar-refractivity contribution in [3.8, 4) is 0 Å². The van der Waals surface area contributed by atoms with Gasteiger partial charge in [0.05, 0.1) is 0 Å². The van der Waals surface area contributed by atoms with E-state index < -0.39 is 0 Å². The van der Waals surface area contributed by atoms with E-state index in [4.69, 9.17) is 0 Å². The summed E-state index contributed by atoms with van der Waals surface area (Å²) in [6.07, 6.45) is 0. The summed E-state index contributed by atoms with van der Waals surface area (Å²) >= 11 is 0. The van der Waals surface area contributed by atoms with Crippen LogP contribution in [0.1, 0.15) is 0 Å². The van der Waals surface area contributed by atoms with Gasteiger partial charge in [0.15, 0.2) is 0 Å². The Hall–Kier alpha value is 1.05. The molecule has 0 N–H and O–H groups in total. The van der Waals surface area contributed by atoms with Crippen LogP contribution in [0.3, 0.4) is 0 Å². The van der Waals surface area contributed by atoms with E-state index in [1.165, 1.54) is 0 Å². The summed E-state index contributed by atoms with van der Waals surface area (Å²) in [5.41, 5.74) is 0. The van der Waals surface area contributed by atoms with Gasteiger partial charge in [-0.25, -0.2) is 0 Å². The smallest absolute Gasteiger partial charge is 0 e. The van der Waals surface area contributed by atoms with Gasteiger partial charge >= 0.3 is 0 Å². The largest absolute Gasteiger partial charge is 0.116 e. The fourth-order valence-electron chi connectivity index (χ4n) is 0. The van der Waals surface area contributed by atoms with Crippen molar-refractivity contribution in [2.75, 3.05) is 20.0 Å². The molecule has 0 aliphatic heterocycles. The van der Waals surface area contributed by atoms with Crippen molar-refractivity contribution >= 4 is 7.92 Å². The van der Waals surface area contributed by atoms with Crippen LogP contribution in [0.4, 0.5) is 0 Å². The molecule has 0 rings (SSSR count). The molecule has 0 unspecified atom stereocenters. The van der Waals surface area contributed by atoms with Gasteiger partial charge in [-0.3, -0.25) is 0 Å². The van der Waals surface area contributed by atoms with Crippen LogP contribution in [-0.2, 0) is 19.5 Å². The molecule has 34 valence electrons. The van der Waals surface area contributed by atoms with Gasteiger partial charge in [0, 0.05) is 19.5 Å². The van der Waals surface area contributed by atoms with E-state index in [1.807, 2.05) is 0 Å². The zero-order valence-corrected chi connectivity index (χ0v) is 6.43. The van der Waals surface area contributed by atoms with Crippen molar-refractivity contribution in [2.24, 2.45) is 0 Å². The van der Waals surface area contributed by atoms with Crippen molar-refractivity contribution in [1.29, 1.82) is 0 Å². The van der Waals surface area contributed by atoms with Crippen LogP contribution in [0.5, 0.6) is 0 Å². The molecule has 0 radical (unpaired) electrons. The average Bonchev–Trinajstić information content (AvgIpc) is 0.811. The van der Waals surface area contributed by atoms with Gasteiger partial charge in [0.1, 0.15) is 0 Å². The minimum atomic E-state index is 0. The van der Waals surface area contributed by atoms with Gasteiger partial charge in [-0.1, -0.05) is 0 Å². The summed E-state index contributed by atoms with van der Waals surface area (Å²) in [5.74, 6) is 0. The van der Waals surface area contributed by atoms with Gasteiger partial charge in [0.2, 0.25) is 0 Å². The van der Waals surface area contributed by atoms with Crippen LogP contribution in [0.15, 0.2) is 0 Å². The molecule has 0 aromatic rings. The first-order chi connectivity index (χ1) is 1.73. The summed E-state index contributed by atoms with van der Waals surface area (Å²) < 4.78 is 0. The molecule has 0 amide bonds. The summed E-state index contributed by atoms with van der Waals surface area (Å²) in [7, 11) is 0.380. The number of rotatable bonds is 0. The number of hydrogen-bond donors (Lipinski definition) is 0. The van der Waals surface area contributed by atoms with E-state index in [-0.39, 0.29) is 19.5 Å². The molecule has 5 heavy (non-hydrogen) atoms. The molecule has 0 fully saturated rings. The molecule has 0 spiro atoms. The zero-order chi connectivity index (χ0) is 3.58. The van der Waals surface area contributed by atoms with Crippen molar-refractivity contribution in [1.82, 2.24) is 0 Å². The molecule has 0 aliphatic rings. The van der Waals surface area contributed by atoms with Crippen molar-refractivity contribution in [3.05, 3.63) is 0 Å². The van der Waals surface area contributed by atoms with Crippen molar-refractivity contribution < 1.29 is 19.5 Å². The molecular weight excluding hydrogens is 168 g/mol. The van der Waals surface area contributed by atoms with Gasteiger partial charge in [-0.15, -0.1) is 7.92 Å². The first kappa shape index (κ1) is 9.41. The maximum Gasteiger partial charge on any atom is 0 e. The van der Waals surface area contributed by atoms with E-state index in [9.17, 15) is 0 Å². The minimum absolute atomic E-state index is 0. The maximum absolute atomic E-state index is 2.23. The van der Waals surface area contributed by atoms with Gasteiger partial charge in [0.25, 0.3) is 0 Å². The molecule has 2 heteroatoms. The second-order valence-electron chi connectivity index (χ2n) is 1.34. The fraction of sp³-hybridized carbons (Fsp3) is 1.00. The normalized spacial score (nSPS) is 7.20. The fourth-order valence-corrected chi connectivity index (χ4v) is 0. The van der Waals surface area contributed by atoms with Crippen LogP contribution in [0, 0.1) is 0 Å². The Balaban J connectivity index is 0. The topological polar surface area (TPSA) is 0 Å². The monoisotopic (exact) mass is 178 g/mol. The van der Waals surface area contributed by atoms with E-state index in [2.05, 4.69) is 20.0 Å². The molecule has 0 bridgehead atoms. The molecule has 0 aromatic heterocycles. The summed E-state index contributed by atoms with van der Waals surface area (Å²) in [4.78, 5) is 0. The quantitative estimate of drug-likeness (QED) is 0.387. The molecule has 0 nitrogen and oxygen atoms in total. The van der Waals surface area contributed by atoms with Crippen LogP contribution in [0.2, 0.25) is 0 Å². The Morgan fingerprint density at radius 3 is 1.00 bits per heavy atom. The van der Waals surface area contributed by atoms with Gasteiger partial charge in [-0.05, 0) is 20.0 Å². The van der Waals surface area contributed by atoms with Crippen LogP contribution in [-0.4, -0.2) is 20.0 Å². The third-order valence-electron chi connectivity index (χ3n) is 0. The minimum Gasteiger partial charge on any atom is -0.116 e. The Labute approximate surface area is 47.9 Å². The summed E-state index contributed by atoms with van der Waals surface area (Å²) in [6.45, 7) is 6.69. The van der Waals surface area contributed by atoms with E-state index in [0.717, 1.165) is 0 Å². The molecular formula is C3H9PRu. The predicted octanol–water partition coefficient (Wildman–Crippen LogP) is 1.36. The molecule has 0 saturated heterocycles. The van der Waals surface area contributed by atoms with E-state index in [1.54, 1.807) is 0 Å². The van der Waals surface area contributed by atoms with Crippen LogP contribution >= 0.6 is 7.92 Å². The SMILES string of the molecule is CP(C)C.[Ru]. The van der Waals surface area contributed by atoms with Crippen molar-refractivity contribution in [3.63, 3.8) is 0 Å². The summed E-state index contributed by atoms with van der Waals surface area (Å²) in [6, 6.07) is 0. The third-order valence-corrected chi connectivity index (χ3v) is 0. The molecule has 0 atom stereocenters. The van der Waals surface area contributed by atoms with Crippen LogP contribution in [0.25, 0.3) is 0 Å². The molecule has 0 saturated carbocycles. The Morgan fingerprint density at radius 2 is 1.00 bits per heavy atom. The van der Waals surface area contributed by atoms with Gasteiger partial charge < -0.3 is 0 Å². The molecule has 0 aromatic carbocycles. The van der Waals surface area contributed by atoms with Crippen LogP contribution < -0.4 is 0 Å². The second-order valence-corrected chi connectivity index (χ2v) is 4.02. The number of hydrogen-bond acceptors (Lipinski definition) is 0. The molecule has 0 aliphatic carbocycles. The van der Waals surface area contributed by atoms with E-state index >= 15 is 0 Å². The standard InChI is InChI=1S/C3H9P.Ru/c1-4(2)3;/h1-3H3;. The second kappa shape index (κ2) is 5.05.